The zero-order valence-electron chi connectivity index (χ0n) is 9.85. The number of nitrogens with zero attached hydrogens (tertiary/aromatic N) is 3. The second-order valence-electron chi connectivity index (χ2n) is 3.55. The molecule has 0 saturated carbocycles. The molecule has 0 unspecified atom stereocenters. The molecule has 17 heavy (non-hydrogen) atoms. The van der Waals surface area contributed by atoms with Gasteiger partial charge in [-0.2, -0.15) is 0 Å². The maximum Gasteiger partial charge on any atom is 0.322 e. The molecular weight excluding hydrogens is 221 g/mol. The lowest BCUT2D eigenvalue weighted by Gasteiger charge is -2.07. The van der Waals surface area contributed by atoms with Crippen LogP contribution >= 0.6 is 0 Å². The second kappa shape index (κ2) is 4.95. The van der Waals surface area contributed by atoms with E-state index in [4.69, 9.17) is 4.74 Å². The van der Waals surface area contributed by atoms with E-state index in [0.717, 1.165) is 18.8 Å². The van der Waals surface area contributed by atoms with Crippen molar-refractivity contribution in [2.45, 2.75) is 26.8 Å². The van der Waals surface area contributed by atoms with Crippen LogP contribution in [-0.2, 0) is 13.0 Å². The van der Waals surface area contributed by atoms with Crippen molar-refractivity contribution in [2.75, 3.05) is 0 Å². The molecule has 0 fully saturated rings. The molecule has 0 saturated heterocycles. The molecule has 0 bridgehead atoms. The minimum atomic E-state index is -0.288. The molecule has 1 heterocycles. The molecule has 0 aliphatic rings. The van der Waals surface area contributed by atoms with Gasteiger partial charge in [0.15, 0.2) is 0 Å². The zero-order chi connectivity index (χ0) is 12.3. The Hall–Kier alpha value is -1.91. The van der Waals surface area contributed by atoms with E-state index in [-0.39, 0.29) is 5.82 Å². The highest BCUT2D eigenvalue weighted by molar-refractivity contribution is 5.25. The summed E-state index contributed by atoms with van der Waals surface area (Å²) in [4.78, 5) is 0. The number of aryl methyl sites for hydroxylation is 1. The summed E-state index contributed by atoms with van der Waals surface area (Å²) in [5.41, 5.74) is 0. The van der Waals surface area contributed by atoms with E-state index in [2.05, 4.69) is 10.2 Å². The molecule has 0 atom stereocenters. The fourth-order valence-electron chi connectivity index (χ4n) is 1.58. The van der Waals surface area contributed by atoms with E-state index >= 15 is 0 Å². The zero-order valence-corrected chi connectivity index (χ0v) is 9.85. The van der Waals surface area contributed by atoms with Gasteiger partial charge in [0.2, 0.25) is 0 Å². The average Bonchev–Trinajstić information content (AvgIpc) is 2.74. The lowest BCUT2D eigenvalue weighted by atomic mass is 10.3. The van der Waals surface area contributed by atoms with E-state index in [0.29, 0.717) is 11.8 Å². The number of benzene rings is 1. The minimum Gasteiger partial charge on any atom is -0.424 e. The van der Waals surface area contributed by atoms with Gasteiger partial charge in [0, 0.05) is 13.0 Å². The average molecular weight is 235 g/mol. The van der Waals surface area contributed by atoms with E-state index in [1.807, 2.05) is 18.4 Å². The van der Waals surface area contributed by atoms with Gasteiger partial charge in [0.05, 0.1) is 0 Å². The maximum absolute atomic E-state index is 12.7. The van der Waals surface area contributed by atoms with Crippen molar-refractivity contribution < 1.29 is 9.13 Å². The summed E-state index contributed by atoms with van der Waals surface area (Å²) in [7, 11) is 0. The van der Waals surface area contributed by atoms with Crippen LogP contribution in [0.15, 0.2) is 24.3 Å². The number of aromatic nitrogens is 3. The molecule has 0 spiro atoms. The molecule has 1 aromatic heterocycles. The van der Waals surface area contributed by atoms with Gasteiger partial charge in [0.1, 0.15) is 17.4 Å². The van der Waals surface area contributed by atoms with Crippen LogP contribution < -0.4 is 4.74 Å². The Labute approximate surface area is 99.1 Å². The van der Waals surface area contributed by atoms with Crippen molar-refractivity contribution in [3.63, 3.8) is 0 Å². The molecule has 90 valence electrons. The van der Waals surface area contributed by atoms with Crippen LogP contribution in [-0.4, -0.2) is 14.8 Å². The molecule has 2 rings (SSSR count). The molecule has 5 heteroatoms. The monoisotopic (exact) mass is 235 g/mol. The summed E-state index contributed by atoms with van der Waals surface area (Å²) in [6.45, 7) is 4.75. The predicted octanol–water partition coefficient (Wildman–Crippen LogP) is 2.79. The number of hydrogen-bond acceptors (Lipinski definition) is 3. The third kappa shape index (κ3) is 2.43. The van der Waals surface area contributed by atoms with Crippen LogP contribution in [0.3, 0.4) is 0 Å². The standard InChI is InChI=1S/C12H14FN3O/c1-3-11-14-15-12(16(11)4-2)17-10-7-5-9(13)6-8-10/h5-8H,3-4H2,1-2H3. The van der Waals surface area contributed by atoms with E-state index in [1.54, 1.807) is 12.1 Å². The number of ether oxygens (including phenoxy) is 1. The Morgan fingerprint density at radius 2 is 1.88 bits per heavy atom. The van der Waals surface area contributed by atoms with Crippen molar-refractivity contribution >= 4 is 0 Å². The third-order valence-corrected chi connectivity index (χ3v) is 2.45. The lowest BCUT2D eigenvalue weighted by molar-refractivity contribution is 0.410. The first kappa shape index (κ1) is 11.6. The van der Waals surface area contributed by atoms with Crippen LogP contribution in [0.1, 0.15) is 19.7 Å². The van der Waals surface area contributed by atoms with Crippen molar-refractivity contribution in [2.24, 2.45) is 0 Å². The fourth-order valence-corrected chi connectivity index (χ4v) is 1.58. The van der Waals surface area contributed by atoms with Gasteiger partial charge >= 0.3 is 6.01 Å². The second-order valence-corrected chi connectivity index (χ2v) is 3.55. The summed E-state index contributed by atoms with van der Waals surface area (Å²) in [6, 6.07) is 6.27. The molecular formula is C12H14FN3O. The van der Waals surface area contributed by atoms with Crippen LogP contribution in [0, 0.1) is 5.82 Å². The van der Waals surface area contributed by atoms with Crippen LogP contribution in [0.5, 0.6) is 11.8 Å². The molecule has 2 aromatic rings. The van der Waals surface area contributed by atoms with Gasteiger partial charge in [-0.15, -0.1) is 5.10 Å². The normalized spacial score (nSPS) is 10.5. The number of halogens is 1. The van der Waals surface area contributed by atoms with Crippen LogP contribution in [0.25, 0.3) is 0 Å². The summed E-state index contributed by atoms with van der Waals surface area (Å²) >= 11 is 0. The molecule has 0 amide bonds. The molecule has 1 aromatic carbocycles. The Bertz CT molecular complexity index is 493. The highest BCUT2D eigenvalue weighted by atomic mass is 19.1. The minimum absolute atomic E-state index is 0.288. The SMILES string of the molecule is CCc1nnc(Oc2ccc(F)cc2)n1CC. The lowest BCUT2D eigenvalue weighted by Crippen LogP contribution is -2.02. The number of rotatable bonds is 4. The largest absolute Gasteiger partial charge is 0.424 e. The van der Waals surface area contributed by atoms with Gasteiger partial charge in [-0.25, -0.2) is 4.39 Å². The first-order valence-corrected chi connectivity index (χ1v) is 5.60. The smallest absolute Gasteiger partial charge is 0.322 e. The van der Waals surface area contributed by atoms with Gasteiger partial charge in [-0.1, -0.05) is 12.0 Å². The predicted molar refractivity (Wildman–Crippen MR) is 61.5 cm³/mol. The Morgan fingerprint density at radius 1 is 1.18 bits per heavy atom. The number of hydrogen-bond donors (Lipinski definition) is 0. The first-order valence-electron chi connectivity index (χ1n) is 5.60. The Kier molecular flexibility index (Phi) is 3.37. The summed E-state index contributed by atoms with van der Waals surface area (Å²) in [5, 5.41) is 8.01. The van der Waals surface area contributed by atoms with Gasteiger partial charge in [0.25, 0.3) is 0 Å². The third-order valence-electron chi connectivity index (χ3n) is 2.45. The van der Waals surface area contributed by atoms with Crippen molar-refractivity contribution in [1.29, 1.82) is 0 Å². The van der Waals surface area contributed by atoms with Gasteiger partial charge in [-0.05, 0) is 31.2 Å². The van der Waals surface area contributed by atoms with Gasteiger partial charge < -0.3 is 4.74 Å². The highest BCUT2D eigenvalue weighted by Gasteiger charge is 2.10. The highest BCUT2D eigenvalue weighted by Crippen LogP contribution is 2.20. The molecule has 0 radical (unpaired) electrons. The van der Waals surface area contributed by atoms with Crippen molar-refractivity contribution in [3.8, 4) is 11.8 Å². The Balaban J connectivity index is 2.23. The van der Waals surface area contributed by atoms with E-state index < -0.39 is 0 Å². The molecule has 0 N–H and O–H groups in total. The summed E-state index contributed by atoms with van der Waals surface area (Å²) < 4.78 is 20.2. The van der Waals surface area contributed by atoms with Crippen LogP contribution in [0.4, 0.5) is 4.39 Å². The fraction of sp³-hybridized carbons (Fsp3) is 0.333. The Morgan fingerprint density at radius 3 is 2.47 bits per heavy atom. The maximum atomic E-state index is 12.7. The van der Waals surface area contributed by atoms with Crippen molar-refractivity contribution in [3.05, 3.63) is 35.9 Å². The van der Waals surface area contributed by atoms with Crippen LogP contribution in [0.2, 0.25) is 0 Å². The van der Waals surface area contributed by atoms with Crippen molar-refractivity contribution in [1.82, 2.24) is 14.8 Å². The van der Waals surface area contributed by atoms with E-state index in [9.17, 15) is 4.39 Å². The molecule has 4 nitrogen and oxygen atoms in total. The molecule has 0 aliphatic heterocycles. The summed E-state index contributed by atoms with van der Waals surface area (Å²) in [5.74, 6) is 1.14. The van der Waals surface area contributed by atoms with E-state index in [1.165, 1.54) is 12.1 Å². The topological polar surface area (TPSA) is 39.9 Å². The summed E-state index contributed by atoms with van der Waals surface area (Å²) in [6.07, 6.45) is 0.799. The first-order chi connectivity index (χ1) is 8.24. The molecule has 0 aliphatic carbocycles. The van der Waals surface area contributed by atoms with Gasteiger partial charge in [-0.3, -0.25) is 4.57 Å². The quantitative estimate of drug-likeness (QED) is 0.818.